The SMILES string of the molecule is COc1cnc(C)cc1C(=O)N(CCO)Cc1ccc(C)s1.O=CO. The molecule has 1 amide bonds. The van der Waals surface area contributed by atoms with Crippen LogP contribution in [0.25, 0.3) is 0 Å². The maximum absolute atomic E-state index is 12.8. The highest BCUT2D eigenvalue weighted by Crippen LogP contribution is 2.22. The van der Waals surface area contributed by atoms with E-state index in [0.717, 1.165) is 10.6 Å². The number of aliphatic hydroxyl groups excluding tert-OH is 1. The van der Waals surface area contributed by atoms with E-state index in [0.29, 0.717) is 17.9 Å². The zero-order valence-electron chi connectivity index (χ0n) is 14.4. The molecule has 0 bridgehead atoms. The molecule has 0 radical (unpaired) electrons. The van der Waals surface area contributed by atoms with Crippen LogP contribution in [0, 0.1) is 13.8 Å². The van der Waals surface area contributed by atoms with Gasteiger partial charge in [0, 0.05) is 22.0 Å². The fourth-order valence-electron chi connectivity index (χ4n) is 2.18. The minimum absolute atomic E-state index is 0.0809. The number of aromatic nitrogens is 1. The molecule has 0 saturated carbocycles. The summed E-state index contributed by atoms with van der Waals surface area (Å²) < 4.78 is 5.23. The number of hydrogen-bond donors (Lipinski definition) is 2. The quantitative estimate of drug-likeness (QED) is 0.760. The Kier molecular flexibility index (Phi) is 8.59. The van der Waals surface area contributed by atoms with E-state index in [1.54, 1.807) is 28.5 Å². The topological polar surface area (TPSA) is 100.0 Å². The van der Waals surface area contributed by atoms with Gasteiger partial charge in [0.1, 0.15) is 5.75 Å². The molecule has 0 aromatic carbocycles. The summed E-state index contributed by atoms with van der Waals surface area (Å²) in [7, 11) is 1.52. The molecule has 0 aliphatic heterocycles. The van der Waals surface area contributed by atoms with Gasteiger partial charge < -0.3 is 19.8 Å². The summed E-state index contributed by atoms with van der Waals surface area (Å²) in [5, 5.41) is 16.2. The first-order chi connectivity index (χ1) is 12.0. The molecular formula is C17H22N2O5S. The average Bonchev–Trinajstić information content (AvgIpc) is 2.99. The molecule has 0 aliphatic rings. The van der Waals surface area contributed by atoms with Crippen LogP contribution in [0.5, 0.6) is 5.75 Å². The van der Waals surface area contributed by atoms with Crippen LogP contribution in [0.3, 0.4) is 0 Å². The minimum Gasteiger partial charge on any atom is -0.494 e. The Morgan fingerprint density at radius 3 is 2.60 bits per heavy atom. The van der Waals surface area contributed by atoms with Crippen LogP contribution in [0.15, 0.2) is 24.4 Å². The molecule has 2 aromatic heterocycles. The molecule has 0 aliphatic carbocycles. The van der Waals surface area contributed by atoms with E-state index in [1.807, 2.05) is 26.0 Å². The van der Waals surface area contributed by atoms with E-state index in [4.69, 9.17) is 14.6 Å². The third kappa shape index (κ3) is 6.17. The fraction of sp³-hybridized carbons (Fsp3) is 0.353. The summed E-state index contributed by atoms with van der Waals surface area (Å²) in [5.74, 6) is 0.281. The summed E-state index contributed by atoms with van der Waals surface area (Å²) in [5.41, 5.74) is 1.22. The van der Waals surface area contributed by atoms with Gasteiger partial charge in [0.25, 0.3) is 12.4 Å². The van der Waals surface area contributed by atoms with Crippen molar-refractivity contribution in [1.82, 2.24) is 9.88 Å². The van der Waals surface area contributed by atoms with Crippen molar-refractivity contribution in [3.05, 3.63) is 45.4 Å². The molecule has 2 rings (SSSR count). The van der Waals surface area contributed by atoms with Crippen molar-refractivity contribution in [2.75, 3.05) is 20.3 Å². The lowest BCUT2D eigenvalue weighted by atomic mass is 10.2. The number of aryl methyl sites for hydroxylation is 2. The number of amides is 1. The van der Waals surface area contributed by atoms with Gasteiger partial charge >= 0.3 is 0 Å². The Hall–Kier alpha value is -2.45. The zero-order valence-corrected chi connectivity index (χ0v) is 15.2. The third-order valence-corrected chi connectivity index (χ3v) is 4.24. The largest absolute Gasteiger partial charge is 0.494 e. The Morgan fingerprint density at radius 1 is 1.40 bits per heavy atom. The van der Waals surface area contributed by atoms with Crippen molar-refractivity contribution in [2.24, 2.45) is 0 Å². The highest BCUT2D eigenvalue weighted by Gasteiger charge is 2.20. The van der Waals surface area contributed by atoms with Gasteiger partial charge in [0.05, 0.1) is 32.0 Å². The number of carboxylic acid groups (broad SMARTS) is 1. The first-order valence-corrected chi connectivity index (χ1v) is 8.32. The lowest BCUT2D eigenvalue weighted by molar-refractivity contribution is -0.122. The predicted octanol–water partition coefficient (Wildman–Crippen LogP) is 2.10. The van der Waals surface area contributed by atoms with Gasteiger partial charge in [-0.05, 0) is 32.0 Å². The van der Waals surface area contributed by atoms with Crippen molar-refractivity contribution in [3.8, 4) is 5.75 Å². The van der Waals surface area contributed by atoms with E-state index < -0.39 is 0 Å². The number of methoxy groups -OCH3 is 1. The molecule has 8 heteroatoms. The van der Waals surface area contributed by atoms with Crippen LogP contribution in [0.2, 0.25) is 0 Å². The molecule has 2 N–H and O–H groups in total. The van der Waals surface area contributed by atoms with Crippen LogP contribution in [0.1, 0.15) is 25.8 Å². The first kappa shape index (κ1) is 20.6. The lowest BCUT2D eigenvalue weighted by Crippen LogP contribution is -2.33. The number of rotatable bonds is 6. The summed E-state index contributed by atoms with van der Waals surface area (Å²) in [4.78, 5) is 29.2. The third-order valence-electron chi connectivity index (χ3n) is 3.25. The van der Waals surface area contributed by atoms with Gasteiger partial charge in [-0.25, -0.2) is 0 Å². The number of hydrogen-bond acceptors (Lipinski definition) is 6. The van der Waals surface area contributed by atoms with E-state index >= 15 is 0 Å². The number of carbonyl (C=O) groups is 2. The van der Waals surface area contributed by atoms with Crippen molar-refractivity contribution in [1.29, 1.82) is 0 Å². The Bertz CT molecular complexity index is 702. The second-order valence-corrected chi connectivity index (χ2v) is 6.47. The van der Waals surface area contributed by atoms with E-state index in [2.05, 4.69) is 4.98 Å². The number of aliphatic hydroxyl groups is 1. The molecule has 2 heterocycles. The van der Waals surface area contributed by atoms with Gasteiger partial charge in [0.15, 0.2) is 0 Å². The normalized spacial score (nSPS) is 9.76. The molecule has 0 atom stereocenters. The maximum Gasteiger partial charge on any atom is 0.290 e. The van der Waals surface area contributed by atoms with Crippen LogP contribution in [-0.2, 0) is 11.3 Å². The summed E-state index contributed by atoms with van der Waals surface area (Å²) >= 11 is 1.65. The highest BCUT2D eigenvalue weighted by atomic mass is 32.1. The number of thiophene rings is 1. The molecule has 0 saturated heterocycles. The standard InChI is InChI=1S/C16H20N2O3S.CH2O2/c1-11-8-14(15(21-3)9-17-11)16(20)18(6-7-19)10-13-5-4-12(2)22-13;2-1-3/h4-5,8-9,19H,6-7,10H2,1-3H3;1H,(H,2,3). The number of carbonyl (C=O) groups excluding carboxylic acids is 1. The smallest absolute Gasteiger partial charge is 0.290 e. The fourth-order valence-corrected chi connectivity index (χ4v) is 3.08. The maximum atomic E-state index is 12.8. The Morgan fingerprint density at radius 2 is 2.08 bits per heavy atom. The van der Waals surface area contributed by atoms with Crippen molar-refractivity contribution < 1.29 is 24.5 Å². The van der Waals surface area contributed by atoms with Crippen LogP contribution in [-0.4, -0.2) is 52.7 Å². The lowest BCUT2D eigenvalue weighted by Gasteiger charge is -2.22. The molecule has 0 fully saturated rings. The summed E-state index contributed by atoms with van der Waals surface area (Å²) in [6.07, 6.45) is 1.55. The molecular weight excluding hydrogens is 344 g/mol. The highest BCUT2D eigenvalue weighted by molar-refractivity contribution is 7.11. The number of ether oxygens (including phenoxy) is 1. The second-order valence-electron chi connectivity index (χ2n) is 5.09. The second kappa shape index (κ2) is 10.4. The van der Waals surface area contributed by atoms with E-state index in [1.165, 1.54) is 12.0 Å². The number of nitrogens with zero attached hydrogens (tertiary/aromatic N) is 2. The van der Waals surface area contributed by atoms with Crippen molar-refractivity contribution in [3.63, 3.8) is 0 Å². The number of pyridine rings is 1. The average molecular weight is 366 g/mol. The Balaban J connectivity index is 0.000000970. The van der Waals surface area contributed by atoms with Crippen LogP contribution >= 0.6 is 11.3 Å². The van der Waals surface area contributed by atoms with Crippen molar-refractivity contribution in [2.45, 2.75) is 20.4 Å². The predicted molar refractivity (Wildman–Crippen MR) is 95.1 cm³/mol. The summed E-state index contributed by atoms with van der Waals surface area (Å²) in [6.45, 7) is 4.28. The molecule has 7 nitrogen and oxygen atoms in total. The summed E-state index contributed by atoms with van der Waals surface area (Å²) in [6, 6.07) is 5.75. The molecule has 0 unspecified atom stereocenters. The van der Waals surface area contributed by atoms with Gasteiger partial charge in [-0.1, -0.05) is 0 Å². The van der Waals surface area contributed by atoms with E-state index in [-0.39, 0.29) is 25.5 Å². The van der Waals surface area contributed by atoms with Crippen LogP contribution in [0.4, 0.5) is 0 Å². The van der Waals surface area contributed by atoms with Gasteiger partial charge in [-0.2, -0.15) is 0 Å². The van der Waals surface area contributed by atoms with E-state index in [9.17, 15) is 9.90 Å². The molecule has 136 valence electrons. The Labute approximate surface area is 150 Å². The molecule has 2 aromatic rings. The first-order valence-electron chi connectivity index (χ1n) is 7.50. The zero-order chi connectivity index (χ0) is 18.8. The molecule has 0 spiro atoms. The monoisotopic (exact) mass is 366 g/mol. The van der Waals surface area contributed by atoms with Gasteiger partial charge in [-0.15, -0.1) is 11.3 Å². The van der Waals surface area contributed by atoms with Gasteiger partial charge in [0.2, 0.25) is 0 Å². The minimum atomic E-state index is -0.250. The molecule has 25 heavy (non-hydrogen) atoms. The van der Waals surface area contributed by atoms with Crippen molar-refractivity contribution >= 4 is 23.7 Å². The van der Waals surface area contributed by atoms with Gasteiger partial charge in [-0.3, -0.25) is 14.6 Å². The van der Waals surface area contributed by atoms with Crippen LogP contribution < -0.4 is 4.74 Å².